The second kappa shape index (κ2) is 7.32. The fraction of sp³-hybridized carbons (Fsp3) is 0.647. The first-order valence-electron chi connectivity index (χ1n) is 7.84. The van der Waals surface area contributed by atoms with Gasteiger partial charge in [0.2, 0.25) is 0 Å². The quantitative estimate of drug-likeness (QED) is 0.826. The van der Waals surface area contributed by atoms with Crippen LogP contribution in [0.2, 0.25) is 0 Å². The van der Waals surface area contributed by atoms with Crippen LogP contribution in [0.5, 0.6) is 0 Å². The van der Waals surface area contributed by atoms with E-state index in [0.717, 1.165) is 44.7 Å². The monoisotopic (exact) mass is 297 g/mol. The number of ether oxygens (including phenoxy) is 1. The SMILES string of the molecule is CCCNC(Cc1ccc(F)cc1F)C1(OC)CCCC1. The van der Waals surface area contributed by atoms with E-state index in [1.54, 1.807) is 13.2 Å². The van der Waals surface area contributed by atoms with Crippen molar-refractivity contribution < 1.29 is 13.5 Å². The van der Waals surface area contributed by atoms with Crippen LogP contribution in [0.4, 0.5) is 8.78 Å². The van der Waals surface area contributed by atoms with Gasteiger partial charge in [0.05, 0.1) is 5.60 Å². The number of nitrogens with one attached hydrogen (secondary N) is 1. The molecule has 0 radical (unpaired) electrons. The van der Waals surface area contributed by atoms with Crippen LogP contribution in [0.1, 0.15) is 44.6 Å². The van der Waals surface area contributed by atoms with E-state index in [1.165, 1.54) is 6.07 Å². The molecular weight excluding hydrogens is 272 g/mol. The minimum atomic E-state index is -0.531. The van der Waals surface area contributed by atoms with Crippen LogP contribution < -0.4 is 5.32 Å². The maximum absolute atomic E-state index is 13.9. The van der Waals surface area contributed by atoms with E-state index in [2.05, 4.69) is 12.2 Å². The van der Waals surface area contributed by atoms with Gasteiger partial charge >= 0.3 is 0 Å². The summed E-state index contributed by atoms with van der Waals surface area (Å²) in [5, 5.41) is 3.51. The fourth-order valence-electron chi connectivity index (χ4n) is 3.34. The van der Waals surface area contributed by atoms with E-state index in [9.17, 15) is 8.78 Å². The molecule has 0 aliphatic heterocycles. The number of hydrogen-bond acceptors (Lipinski definition) is 2. The van der Waals surface area contributed by atoms with Crippen LogP contribution in [0.15, 0.2) is 18.2 Å². The van der Waals surface area contributed by atoms with Gasteiger partial charge in [-0.3, -0.25) is 0 Å². The summed E-state index contributed by atoms with van der Waals surface area (Å²) < 4.78 is 32.8. The van der Waals surface area contributed by atoms with Gasteiger partial charge in [-0.1, -0.05) is 25.8 Å². The van der Waals surface area contributed by atoms with Crippen molar-refractivity contribution in [3.8, 4) is 0 Å². The minimum absolute atomic E-state index is 0.0601. The van der Waals surface area contributed by atoms with Gasteiger partial charge in [0.25, 0.3) is 0 Å². The van der Waals surface area contributed by atoms with Crippen molar-refractivity contribution in [3.63, 3.8) is 0 Å². The van der Waals surface area contributed by atoms with Crippen LogP contribution in [0.3, 0.4) is 0 Å². The molecule has 1 N–H and O–H groups in total. The Balaban J connectivity index is 2.19. The molecule has 0 bridgehead atoms. The van der Waals surface area contributed by atoms with Gasteiger partial charge in [-0.25, -0.2) is 8.78 Å². The van der Waals surface area contributed by atoms with E-state index < -0.39 is 11.6 Å². The van der Waals surface area contributed by atoms with Crippen molar-refractivity contribution in [1.29, 1.82) is 0 Å². The van der Waals surface area contributed by atoms with Gasteiger partial charge < -0.3 is 10.1 Å². The number of rotatable bonds is 7. The fourth-order valence-corrected chi connectivity index (χ4v) is 3.34. The third kappa shape index (κ3) is 3.80. The third-order valence-electron chi connectivity index (χ3n) is 4.57. The average molecular weight is 297 g/mol. The minimum Gasteiger partial charge on any atom is -0.377 e. The molecule has 1 aromatic rings. The molecule has 0 spiro atoms. The number of benzene rings is 1. The average Bonchev–Trinajstić information content (AvgIpc) is 2.95. The lowest BCUT2D eigenvalue weighted by molar-refractivity contribution is -0.0356. The molecule has 1 aromatic carbocycles. The summed E-state index contributed by atoms with van der Waals surface area (Å²) in [6.45, 7) is 2.98. The van der Waals surface area contributed by atoms with Crippen LogP contribution in [0.25, 0.3) is 0 Å². The Morgan fingerprint density at radius 1 is 1.29 bits per heavy atom. The highest BCUT2D eigenvalue weighted by Gasteiger charge is 2.41. The Morgan fingerprint density at radius 3 is 2.57 bits per heavy atom. The molecule has 2 rings (SSSR count). The van der Waals surface area contributed by atoms with Gasteiger partial charge in [0.15, 0.2) is 0 Å². The van der Waals surface area contributed by atoms with Gasteiger partial charge in [-0.05, 0) is 43.9 Å². The maximum atomic E-state index is 13.9. The van der Waals surface area contributed by atoms with Gasteiger partial charge in [0.1, 0.15) is 11.6 Å². The van der Waals surface area contributed by atoms with Crippen molar-refractivity contribution in [1.82, 2.24) is 5.32 Å². The molecular formula is C17H25F2NO. The second-order valence-electron chi connectivity index (χ2n) is 5.92. The molecule has 0 heterocycles. The second-order valence-corrected chi connectivity index (χ2v) is 5.92. The van der Waals surface area contributed by atoms with E-state index in [1.807, 2.05) is 0 Å². The Bertz CT molecular complexity index is 458. The predicted octanol–water partition coefficient (Wildman–Crippen LogP) is 3.83. The van der Waals surface area contributed by atoms with E-state index in [-0.39, 0.29) is 11.6 Å². The Labute approximate surface area is 125 Å². The van der Waals surface area contributed by atoms with E-state index in [4.69, 9.17) is 4.74 Å². The molecule has 0 saturated heterocycles. The summed E-state index contributed by atoms with van der Waals surface area (Å²) in [6.07, 6.45) is 5.82. The largest absolute Gasteiger partial charge is 0.377 e. The van der Waals surface area contributed by atoms with Crippen molar-refractivity contribution in [2.45, 2.75) is 57.1 Å². The lowest BCUT2D eigenvalue weighted by atomic mass is 9.87. The lowest BCUT2D eigenvalue weighted by Crippen LogP contribution is -2.52. The first-order valence-corrected chi connectivity index (χ1v) is 7.84. The number of methoxy groups -OCH3 is 1. The highest BCUT2D eigenvalue weighted by atomic mass is 19.1. The maximum Gasteiger partial charge on any atom is 0.129 e. The molecule has 118 valence electrons. The summed E-state index contributed by atoms with van der Waals surface area (Å²) in [6, 6.07) is 3.89. The third-order valence-corrected chi connectivity index (χ3v) is 4.57. The highest BCUT2D eigenvalue weighted by Crippen LogP contribution is 2.37. The van der Waals surface area contributed by atoms with Crippen LogP contribution in [-0.4, -0.2) is 25.3 Å². The molecule has 21 heavy (non-hydrogen) atoms. The van der Waals surface area contributed by atoms with Gasteiger partial charge in [0, 0.05) is 19.2 Å². The van der Waals surface area contributed by atoms with Crippen molar-refractivity contribution >= 4 is 0 Å². The smallest absolute Gasteiger partial charge is 0.129 e. The zero-order valence-corrected chi connectivity index (χ0v) is 12.9. The molecule has 1 fully saturated rings. The van der Waals surface area contributed by atoms with Crippen molar-refractivity contribution in [3.05, 3.63) is 35.4 Å². The van der Waals surface area contributed by atoms with Crippen LogP contribution in [0, 0.1) is 11.6 Å². The first kappa shape index (κ1) is 16.4. The number of halogens is 2. The van der Waals surface area contributed by atoms with Crippen molar-refractivity contribution in [2.24, 2.45) is 0 Å². The molecule has 0 amide bonds. The highest BCUT2D eigenvalue weighted by molar-refractivity contribution is 5.21. The molecule has 0 aromatic heterocycles. The molecule has 1 aliphatic carbocycles. The zero-order valence-electron chi connectivity index (χ0n) is 12.9. The summed E-state index contributed by atoms with van der Waals surface area (Å²) in [7, 11) is 1.74. The standard InChI is InChI=1S/C17H25F2NO/c1-3-10-20-16(17(21-2)8-4-5-9-17)11-13-6-7-14(18)12-15(13)19/h6-7,12,16,20H,3-5,8-11H2,1-2H3. The Hall–Kier alpha value is -1.00. The normalized spacial score (nSPS) is 18.9. The van der Waals surface area contributed by atoms with Gasteiger partial charge in [-0.15, -0.1) is 0 Å². The Kier molecular flexibility index (Phi) is 5.71. The topological polar surface area (TPSA) is 21.3 Å². The van der Waals surface area contributed by atoms with E-state index in [0.29, 0.717) is 12.0 Å². The van der Waals surface area contributed by atoms with Crippen molar-refractivity contribution in [2.75, 3.05) is 13.7 Å². The molecule has 4 heteroatoms. The first-order chi connectivity index (χ1) is 10.1. The van der Waals surface area contributed by atoms with E-state index >= 15 is 0 Å². The Morgan fingerprint density at radius 2 is 2.00 bits per heavy atom. The summed E-state index contributed by atoms with van der Waals surface area (Å²) in [5.41, 5.74) is 0.323. The molecule has 2 nitrogen and oxygen atoms in total. The molecule has 1 aliphatic rings. The predicted molar refractivity (Wildman–Crippen MR) is 80.4 cm³/mol. The summed E-state index contributed by atoms with van der Waals surface area (Å²) >= 11 is 0. The zero-order chi connectivity index (χ0) is 15.3. The lowest BCUT2D eigenvalue weighted by Gasteiger charge is -2.37. The van der Waals surface area contributed by atoms with Gasteiger partial charge in [-0.2, -0.15) is 0 Å². The summed E-state index contributed by atoms with van der Waals surface area (Å²) in [5.74, 6) is -1.00. The molecule has 1 unspecified atom stereocenters. The summed E-state index contributed by atoms with van der Waals surface area (Å²) in [4.78, 5) is 0. The molecule has 1 saturated carbocycles. The van der Waals surface area contributed by atoms with Crippen LogP contribution in [-0.2, 0) is 11.2 Å². The molecule has 1 atom stereocenters. The van der Waals surface area contributed by atoms with Crippen LogP contribution >= 0.6 is 0 Å². The number of hydrogen-bond donors (Lipinski definition) is 1.